The van der Waals surface area contributed by atoms with E-state index in [0.29, 0.717) is 12.2 Å². The van der Waals surface area contributed by atoms with Gasteiger partial charge in [0.15, 0.2) is 0 Å². The molecule has 0 bridgehead atoms. The number of hydrogen-bond acceptors (Lipinski definition) is 3. The van der Waals surface area contributed by atoms with Gasteiger partial charge in [0.25, 0.3) is 5.91 Å². The maximum atomic E-state index is 12.5. The smallest absolute Gasteiger partial charge is 0.269 e. The summed E-state index contributed by atoms with van der Waals surface area (Å²) < 4.78 is 1.88. The standard InChI is InChI=1S/C20H24N4O/c1-4-5-8-11-21-20(25)18-13-19(24-15(3)12-14(2)23-24)16-9-6-7-10-17(16)22-18/h6-7,9-10,12-13H,4-5,8,11H2,1-3H3,(H,21,25). The van der Waals surface area contributed by atoms with Crippen molar-refractivity contribution in [1.82, 2.24) is 20.1 Å². The summed E-state index contributed by atoms with van der Waals surface area (Å²) in [5.41, 5.74) is 4.09. The molecule has 3 aromatic rings. The second-order valence-electron chi connectivity index (χ2n) is 6.35. The van der Waals surface area contributed by atoms with E-state index in [9.17, 15) is 4.79 Å². The molecule has 0 saturated carbocycles. The molecule has 0 atom stereocenters. The number of unbranched alkanes of at least 4 members (excludes halogenated alkanes) is 2. The minimum Gasteiger partial charge on any atom is -0.351 e. The number of carbonyl (C=O) groups is 1. The van der Waals surface area contributed by atoms with Crippen molar-refractivity contribution in [3.8, 4) is 5.69 Å². The van der Waals surface area contributed by atoms with E-state index in [2.05, 4.69) is 22.3 Å². The van der Waals surface area contributed by atoms with Crippen LogP contribution >= 0.6 is 0 Å². The molecule has 3 rings (SSSR count). The van der Waals surface area contributed by atoms with Crippen LogP contribution in [0.5, 0.6) is 0 Å². The number of aromatic nitrogens is 3. The molecule has 0 aliphatic rings. The Balaban J connectivity index is 2.01. The third kappa shape index (κ3) is 3.71. The van der Waals surface area contributed by atoms with Crippen LogP contribution in [-0.4, -0.2) is 27.2 Å². The summed E-state index contributed by atoms with van der Waals surface area (Å²) in [5.74, 6) is -0.135. The second kappa shape index (κ2) is 7.47. The van der Waals surface area contributed by atoms with Crippen molar-refractivity contribution in [3.63, 3.8) is 0 Å². The number of hydrogen-bond donors (Lipinski definition) is 1. The minimum atomic E-state index is -0.135. The number of nitrogens with zero attached hydrogens (tertiary/aromatic N) is 3. The Hall–Kier alpha value is -2.69. The number of rotatable bonds is 6. The zero-order chi connectivity index (χ0) is 17.8. The van der Waals surface area contributed by atoms with Gasteiger partial charge in [-0.2, -0.15) is 5.10 Å². The highest BCUT2D eigenvalue weighted by Crippen LogP contribution is 2.23. The molecule has 130 valence electrons. The van der Waals surface area contributed by atoms with Crippen molar-refractivity contribution in [1.29, 1.82) is 0 Å². The summed E-state index contributed by atoms with van der Waals surface area (Å²) in [6.45, 7) is 6.80. The van der Waals surface area contributed by atoms with Crippen LogP contribution in [0.3, 0.4) is 0 Å². The lowest BCUT2D eigenvalue weighted by atomic mass is 10.1. The highest BCUT2D eigenvalue weighted by molar-refractivity contribution is 5.97. The van der Waals surface area contributed by atoms with Crippen molar-refractivity contribution in [2.75, 3.05) is 6.54 Å². The average molecular weight is 336 g/mol. The summed E-state index contributed by atoms with van der Waals surface area (Å²) in [5, 5.41) is 8.52. The van der Waals surface area contributed by atoms with E-state index in [4.69, 9.17) is 0 Å². The average Bonchev–Trinajstić information content (AvgIpc) is 2.95. The maximum absolute atomic E-state index is 12.5. The van der Waals surface area contributed by atoms with Crippen LogP contribution in [0.15, 0.2) is 36.4 Å². The largest absolute Gasteiger partial charge is 0.351 e. The Morgan fingerprint density at radius 2 is 1.96 bits per heavy atom. The number of fused-ring (bicyclic) bond motifs is 1. The molecule has 1 aromatic carbocycles. The highest BCUT2D eigenvalue weighted by Gasteiger charge is 2.14. The quantitative estimate of drug-likeness (QED) is 0.693. The highest BCUT2D eigenvalue weighted by atomic mass is 16.1. The van der Waals surface area contributed by atoms with Crippen molar-refractivity contribution < 1.29 is 4.79 Å². The lowest BCUT2D eigenvalue weighted by Crippen LogP contribution is -2.25. The fourth-order valence-electron chi connectivity index (χ4n) is 2.99. The topological polar surface area (TPSA) is 59.8 Å². The summed E-state index contributed by atoms with van der Waals surface area (Å²) in [4.78, 5) is 17.1. The van der Waals surface area contributed by atoms with Crippen molar-refractivity contribution in [3.05, 3.63) is 53.5 Å². The molecule has 5 nitrogen and oxygen atoms in total. The number of carbonyl (C=O) groups excluding carboxylic acids is 1. The van der Waals surface area contributed by atoms with Crippen molar-refractivity contribution >= 4 is 16.8 Å². The van der Waals surface area contributed by atoms with Gasteiger partial charge in [0, 0.05) is 17.6 Å². The molecule has 1 amide bonds. The van der Waals surface area contributed by atoms with Crippen LogP contribution in [0.25, 0.3) is 16.6 Å². The minimum absolute atomic E-state index is 0.135. The van der Waals surface area contributed by atoms with E-state index in [1.165, 1.54) is 0 Å². The van der Waals surface area contributed by atoms with Gasteiger partial charge < -0.3 is 5.32 Å². The molecule has 0 radical (unpaired) electrons. The van der Waals surface area contributed by atoms with Crippen molar-refractivity contribution in [2.24, 2.45) is 0 Å². The van der Waals surface area contributed by atoms with Crippen LogP contribution in [0.4, 0.5) is 0 Å². The number of pyridine rings is 1. The number of amides is 1. The summed E-state index contributed by atoms with van der Waals surface area (Å²) >= 11 is 0. The van der Waals surface area contributed by atoms with Crippen LogP contribution in [0, 0.1) is 13.8 Å². The van der Waals surface area contributed by atoms with Gasteiger partial charge in [-0.25, -0.2) is 9.67 Å². The zero-order valence-electron chi connectivity index (χ0n) is 15.0. The molecule has 2 heterocycles. The first-order valence-electron chi connectivity index (χ1n) is 8.81. The number of aryl methyl sites for hydroxylation is 2. The Morgan fingerprint density at radius 1 is 1.16 bits per heavy atom. The van der Waals surface area contributed by atoms with Gasteiger partial charge in [-0.05, 0) is 38.5 Å². The third-order valence-corrected chi connectivity index (χ3v) is 4.23. The zero-order valence-corrected chi connectivity index (χ0v) is 15.0. The van der Waals surface area contributed by atoms with Crippen LogP contribution in [-0.2, 0) is 0 Å². The molecule has 0 saturated heterocycles. The van der Waals surface area contributed by atoms with E-state index >= 15 is 0 Å². The first-order valence-corrected chi connectivity index (χ1v) is 8.81. The SMILES string of the molecule is CCCCCNC(=O)c1cc(-n2nc(C)cc2C)c2ccccc2n1. The van der Waals surface area contributed by atoms with E-state index in [1.54, 1.807) is 0 Å². The van der Waals surface area contributed by atoms with Gasteiger partial charge in [-0.3, -0.25) is 4.79 Å². The van der Waals surface area contributed by atoms with E-state index in [1.807, 2.05) is 54.9 Å². The Kier molecular flexibility index (Phi) is 5.12. The van der Waals surface area contributed by atoms with Gasteiger partial charge >= 0.3 is 0 Å². The molecule has 0 spiro atoms. The number of para-hydroxylation sites is 1. The molecular weight excluding hydrogens is 312 g/mol. The Bertz CT molecular complexity index is 898. The van der Waals surface area contributed by atoms with Crippen molar-refractivity contribution in [2.45, 2.75) is 40.0 Å². The van der Waals surface area contributed by atoms with Crippen LogP contribution in [0.1, 0.15) is 48.1 Å². The lowest BCUT2D eigenvalue weighted by Gasteiger charge is -2.11. The van der Waals surface area contributed by atoms with Gasteiger partial charge in [0.2, 0.25) is 0 Å². The monoisotopic (exact) mass is 336 g/mol. The molecule has 0 aliphatic heterocycles. The first kappa shape index (κ1) is 17.1. The fourth-order valence-corrected chi connectivity index (χ4v) is 2.99. The van der Waals surface area contributed by atoms with Gasteiger partial charge in [-0.15, -0.1) is 0 Å². The lowest BCUT2D eigenvalue weighted by molar-refractivity contribution is 0.0948. The maximum Gasteiger partial charge on any atom is 0.269 e. The van der Waals surface area contributed by atoms with Gasteiger partial charge in [0.1, 0.15) is 5.69 Å². The summed E-state index contributed by atoms with van der Waals surface area (Å²) in [6.07, 6.45) is 3.23. The second-order valence-corrected chi connectivity index (χ2v) is 6.35. The van der Waals surface area contributed by atoms with E-state index in [0.717, 1.165) is 47.2 Å². The van der Waals surface area contributed by atoms with E-state index < -0.39 is 0 Å². The predicted octanol–water partition coefficient (Wildman–Crippen LogP) is 3.96. The fraction of sp³-hybridized carbons (Fsp3) is 0.350. The normalized spacial score (nSPS) is 11.0. The van der Waals surface area contributed by atoms with Crippen LogP contribution in [0.2, 0.25) is 0 Å². The molecule has 0 fully saturated rings. The number of nitrogens with one attached hydrogen (secondary N) is 1. The van der Waals surface area contributed by atoms with E-state index in [-0.39, 0.29) is 5.91 Å². The third-order valence-electron chi connectivity index (χ3n) is 4.23. The molecular formula is C20H24N4O. The molecule has 25 heavy (non-hydrogen) atoms. The van der Waals surface area contributed by atoms with Gasteiger partial charge in [0.05, 0.1) is 16.9 Å². The molecule has 1 N–H and O–H groups in total. The molecule has 0 aliphatic carbocycles. The van der Waals surface area contributed by atoms with Gasteiger partial charge in [-0.1, -0.05) is 38.0 Å². The first-order chi connectivity index (χ1) is 12.1. The molecule has 0 unspecified atom stereocenters. The van der Waals surface area contributed by atoms with Crippen LogP contribution < -0.4 is 5.32 Å². The molecule has 5 heteroatoms. The summed E-state index contributed by atoms with van der Waals surface area (Å²) in [6, 6.07) is 11.7. The number of benzene rings is 1. The Morgan fingerprint density at radius 3 is 2.68 bits per heavy atom. The Labute approximate surface area is 148 Å². The molecule has 2 aromatic heterocycles. The predicted molar refractivity (Wildman–Crippen MR) is 100 cm³/mol. The summed E-state index contributed by atoms with van der Waals surface area (Å²) in [7, 11) is 0.